The largest absolute Gasteiger partial charge is 0.472 e. The fraction of sp³-hybridized carbons (Fsp3) is 0.429. The predicted octanol–water partition coefficient (Wildman–Crippen LogP) is 2.63. The molecule has 0 aromatic carbocycles. The van der Waals surface area contributed by atoms with Gasteiger partial charge in [0.15, 0.2) is 0 Å². The van der Waals surface area contributed by atoms with E-state index in [2.05, 4.69) is 20.2 Å². The maximum atomic E-state index is 5.10. The zero-order valence-electron chi connectivity index (χ0n) is 11.3. The third-order valence-electron chi connectivity index (χ3n) is 3.32. The Hall–Kier alpha value is -2.04. The summed E-state index contributed by atoms with van der Waals surface area (Å²) in [5, 5.41) is 3.11. The molecule has 19 heavy (non-hydrogen) atoms. The van der Waals surface area contributed by atoms with Gasteiger partial charge in [0.1, 0.15) is 17.5 Å². The van der Waals surface area contributed by atoms with Crippen molar-refractivity contribution in [3.8, 4) is 0 Å². The van der Waals surface area contributed by atoms with Crippen molar-refractivity contribution >= 4 is 11.6 Å². The van der Waals surface area contributed by atoms with Crippen LogP contribution in [0.5, 0.6) is 0 Å². The van der Waals surface area contributed by atoms with E-state index in [1.54, 1.807) is 12.5 Å². The third-order valence-corrected chi connectivity index (χ3v) is 3.32. The van der Waals surface area contributed by atoms with Crippen molar-refractivity contribution in [2.24, 2.45) is 0 Å². The van der Waals surface area contributed by atoms with Gasteiger partial charge in [0.05, 0.1) is 12.5 Å². The monoisotopic (exact) mass is 258 g/mol. The van der Waals surface area contributed by atoms with E-state index in [0.717, 1.165) is 29.6 Å². The Kier molecular flexibility index (Phi) is 3.11. The van der Waals surface area contributed by atoms with Crippen molar-refractivity contribution in [2.45, 2.75) is 25.3 Å². The molecule has 0 bridgehead atoms. The van der Waals surface area contributed by atoms with Gasteiger partial charge in [-0.2, -0.15) is 0 Å². The van der Waals surface area contributed by atoms with Crippen molar-refractivity contribution in [1.82, 2.24) is 9.97 Å². The number of anilines is 2. The smallest absolute Gasteiger partial charge is 0.136 e. The molecule has 1 aliphatic carbocycles. The molecule has 0 radical (unpaired) electrons. The van der Waals surface area contributed by atoms with E-state index >= 15 is 0 Å². The summed E-state index contributed by atoms with van der Waals surface area (Å²) < 4.78 is 5.10. The molecule has 3 rings (SSSR count). The average molecular weight is 258 g/mol. The number of aromatic nitrogens is 2. The number of rotatable bonds is 5. The van der Waals surface area contributed by atoms with Gasteiger partial charge in [0, 0.05) is 38.2 Å². The fourth-order valence-corrected chi connectivity index (χ4v) is 2.04. The summed E-state index contributed by atoms with van der Waals surface area (Å²) in [6.45, 7) is 0.779. The normalized spacial score (nSPS) is 14.4. The highest BCUT2D eigenvalue weighted by molar-refractivity contribution is 5.49. The molecule has 0 saturated heterocycles. The van der Waals surface area contributed by atoms with Gasteiger partial charge in [-0.25, -0.2) is 9.97 Å². The minimum atomic E-state index is 0.550. The van der Waals surface area contributed by atoms with Crippen LogP contribution >= 0.6 is 0 Å². The van der Waals surface area contributed by atoms with E-state index in [-0.39, 0.29) is 0 Å². The molecule has 1 fully saturated rings. The summed E-state index contributed by atoms with van der Waals surface area (Å²) in [4.78, 5) is 11.3. The van der Waals surface area contributed by atoms with Crippen LogP contribution in [0.25, 0.3) is 0 Å². The molecule has 5 nitrogen and oxygen atoms in total. The number of nitrogens with zero attached hydrogens (tertiary/aromatic N) is 3. The lowest BCUT2D eigenvalue weighted by Crippen LogP contribution is -2.18. The Bertz CT molecular complexity index is 549. The maximum absolute atomic E-state index is 5.10. The van der Waals surface area contributed by atoms with Gasteiger partial charge in [-0.05, 0) is 18.9 Å². The zero-order chi connectivity index (χ0) is 13.2. The Labute approximate surface area is 112 Å². The second kappa shape index (κ2) is 4.91. The molecule has 2 aromatic heterocycles. The summed E-state index contributed by atoms with van der Waals surface area (Å²) in [6, 6.07) is 3.95. The number of nitrogens with one attached hydrogen (secondary N) is 1. The summed E-state index contributed by atoms with van der Waals surface area (Å²) in [5.41, 5.74) is 1.14. The predicted molar refractivity (Wildman–Crippen MR) is 74.4 cm³/mol. The molecule has 0 atom stereocenters. The van der Waals surface area contributed by atoms with Gasteiger partial charge in [0.2, 0.25) is 0 Å². The zero-order valence-corrected chi connectivity index (χ0v) is 11.3. The minimum absolute atomic E-state index is 0.550. The van der Waals surface area contributed by atoms with Crippen LogP contribution in [0.1, 0.15) is 30.1 Å². The summed E-state index contributed by atoms with van der Waals surface area (Å²) >= 11 is 0. The molecular formula is C14H18N4O. The molecule has 0 unspecified atom stereocenters. The summed E-state index contributed by atoms with van der Waals surface area (Å²) in [5.74, 6) is 3.34. The highest BCUT2D eigenvalue weighted by Crippen LogP contribution is 2.39. The molecule has 0 aliphatic heterocycles. The lowest BCUT2D eigenvalue weighted by Gasteiger charge is -2.18. The Morgan fingerprint density at radius 2 is 2.26 bits per heavy atom. The Morgan fingerprint density at radius 3 is 2.89 bits per heavy atom. The minimum Gasteiger partial charge on any atom is -0.472 e. The van der Waals surface area contributed by atoms with Crippen LogP contribution in [0.3, 0.4) is 0 Å². The second-order valence-corrected chi connectivity index (χ2v) is 4.98. The second-order valence-electron chi connectivity index (χ2n) is 4.98. The molecule has 2 aromatic rings. The van der Waals surface area contributed by atoms with Gasteiger partial charge in [0.25, 0.3) is 0 Å². The highest BCUT2D eigenvalue weighted by atomic mass is 16.3. The van der Waals surface area contributed by atoms with Gasteiger partial charge in [-0.15, -0.1) is 0 Å². The molecule has 1 N–H and O–H groups in total. The highest BCUT2D eigenvalue weighted by Gasteiger charge is 2.27. The SMILES string of the molecule is CNc1cc(N(C)Cc2ccoc2)nc(C2CC2)n1. The van der Waals surface area contributed by atoms with E-state index in [1.807, 2.05) is 26.2 Å². The molecule has 0 amide bonds. The maximum Gasteiger partial charge on any atom is 0.136 e. The Morgan fingerprint density at radius 1 is 1.42 bits per heavy atom. The van der Waals surface area contributed by atoms with Crippen LogP contribution < -0.4 is 10.2 Å². The van der Waals surface area contributed by atoms with Crippen LogP contribution in [0, 0.1) is 0 Å². The average Bonchev–Trinajstić information content (AvgIpc) is 3.17. The molecular weight excluding hydrogens is 240 g/mol. The van der Waals surface area contributed by atoms with Crippen molar-refractivity contribution in [3.63, 3.8) is 0 Å². The van der Waals surface area contributed by atoms with Crippen LogP contribution in [-0.2, 0) is 6.54 Å². The first-order valence-corrected chi connectivity index (χ1v) is 6.55. The summed E-state index contributed by atoms with van der Waals surface area (Å²) in [7, 11) is 3.92. The van der Waals surface area contributed by atoms with Gasteiger partial charge >= 0.3 is 0 Å². The standard InChI is InChI=1S/C14H18N4O/c1-15-12-7-13(17-14(16-12)11-3-4-11)18(2)8-10-5-6-19-9-10/h5-7,9,11H,3-4,8H2,1-2H3,(H,15,16,17). The van der Waals surface area contributed by atoms with Crippen molar-refractivity contribution in [1.29, 1.82) is 0 Å². The van der Waals surface area contributed by atoms with Crippen LogP contribution in [0.4, 0.5) is 11.6 Å². The number of hydrogen-bond acceptors (Lipinski definition) is 5. The number of hydrogen-bond donors (Lipinski definition) is 1. The van der Waals surface area contributed by atoms with E-state index in [4.69, 9.17) is 4.42 Å². The first-order valence-electron chi connectivity index (χ1n) is 6.55. The fourth-order valence-electron chi connectivity index (χ4n) is 2.04. The topological polar surface area (TPSA) is 54.2 Å². The van der Waals surface area contributed by atoms with Gasteiger partial charge in [-0.3, -0.25) is 0 Å². The molecule has 1 aliphatic rings. The van der Waals surface area contributed by atoms with E-state index in [1.165, 1.54) is 12.8 Å². The third kappa shape index (κ3) is 2.70. The Balaban J connectivity index is 1.83. The van der Waals surface area contributed by atoms with Gasteiger partial charge in [-0.1, -0.05) is 0 Å². The molecule has 100 valence electrons. The molecule has 1 saturated carbocycles. The van der Waals surface area contributed by atoms with Crippen molar-refractivity contribution in [3.05, 3.63) is 36.0 Å². The van der Waals surface area contributed by atoms with Crippen LogP contribution in [0.15, 0.2) is 29.1 Å². The lowest BCUT2D eigenvalue weighted by molar-refractivity contribution is 0.563. The quantitative estimate of drug-likeness (QED) is 0.893. The first kappa shape index (κ1) is 12.0. The lowest BCUT2D eigenvalue weighted by atomic mass is 10.3. The van der Waals surface area contributed by atoms with Gasteiger partial charge < -0.3 is 14.6 Å². The first-order chi connectivity index (χ1) is 9.26. The van der Waals surface area contributed by atoms with Crippen molar-refractivity contribution in [2.75, 3.05) is 24.3 Å². The molecule has 5 heteroatoms. The van der Waals surface area contributed by atoms with Crippen molar-refractivity contribution < 1.29 is 4.42 Å². The van der Waals surface area contributed by atoms with Crippen LogP contribution in [-0.4, -0.2) is 24.1 Å². The van der Waals surface area contributed by atoms with E-state index in [0.29, 0.717) is 5.92 Å². The summed E-state index contributed by atoms with van der Waals surface area (Å²) in [6.07, 6.45) is 5.87. The number of furan rings is 1. The van der Waals surface area contributed by atoms with E-state index < -0.39 is 0 Å². The molecule has 2 heterocycles. The van der Waals surface area contributed by atoms with E-state index in [9.17, 15) is 0 Å². The van der Waals surface area contributed by atoms with Crippen LogP contribution in [0.2, 0.25) is 0 Å². The molecule has 0 spiro atoms.